The van der Waals surface area contributed by atoms with E-state index in [2.05, 4.69) is 6.07 Å². The lowest BCUT2D eigenvalue weighted by atomic mass is 10.1. The Kier molecular flexibility index (Phi) is 3.54. The molecule has 0 radical (unpaired) electrons. The van der Waals surface area contributed by atoms with Crippen LogP contribution in [0.5, 0.6) is 5.75 Å². The molecule has 0 saturated heterocycles. The van der Waals surface area contributed by atoms with E-state index < -0.39 is 0 Å². The summed E-state index contributed by atoms with van der Waals surface area (Å²) in [6.07, 6.45) is 0. The lowest BCUT2D eigenvalue weighted by Crippen LogP contribution is -2.21. The molecule has 0 aliphatic carbocycles. The van der Waals surface area contributed by atoms with E-state index in [4.69, 9.17) is 4.74 Å². The highest BCUT2D eigenvalue weighted by Crippen LogP contribution is 2.23. The minimum Gasteiger partial charge on any atom is -0.497 e. The predicted molar refractivity (Wildman–Crippen MR) is 97.8 cm³/mol. The van der Waals surface area contributed by atoms with Crippen LogP contribution < -0.4 is 10.3 Å². The first-order valence-electron chi connectivity index (χ1n) is 7.91. The van der Waals surface area contributed by atoms with Crippen molar-refractivity contribution in [3.8, 4) is 5.75 Å². The van der Waals surface area contributed by atoms with E-state index >= 15 is 0 Å². The highest BCUT2D eigenvalue weighted by Gasteiger charge is 2.10. The van der Waals surface area contributed by atoms with Crippen molar-refractivity contribution in [2.24, 2.45) is 0 Å². The molecule has 0 atom stereocenters. The zero-order chi connectivity index (χ0) is 16.5. The molecule has 4 rings (SSSR count). The summed E-state index contributed by atoms with van der Waals surface area (Å²) < 4.78 is 7.13. The minimum absolute atomic E-state index is 0.0344. The summed E-state index contributed by atoms with van der Waals surface area (Å²) in [5.74, 6) is 0.797. The third kappa shape index (κ3) is 2.35. The van der Waals surface area contributed by atoms with Gasteiger partial charge in [-0.05, 0) is 35.2 Å². The number of hydrogen-bond acceptors (Lipinski definition) is 2. The second-order valence-electron chi connectivity index (χ2n) is 5.81. The second-order valence-corrected chi connectivity index (χ2v) is 5.81. The van der Waals surface area contributed by atoms with Crippen molar-refractivity contribution in [2.45, 2.75) is 6.54 Å². The summed E-state index contributed by atoms with van der Waals surface area (Å²) >= 11 is 0. The number of rotatable bonds is 3. The molecular weight excluding hydrogens is 298 g/mol. The van der Waals surface area contributed by atoms with Crippen LogP contribution in [-0.2, 0) is 6.54 Å². The van der Waals surface area contributed by atoms with Crippen LogP contribution in [0.25, 0.3) is 21.7 Å². The van der Waals surface area contributed by atoms with E-state index in [1.807, 2.05) is 71.3 Å². The smallest absolute Gasteiger partial charge is 0.259 e. The fourth-order valence-electron chi connectivity index (χ4n) is 3.21. The molecule has 0 unspecified atom stereocenters. The van der Waals surface area contributed by atoms with Crippen LogP contribution in [0.4, 0.5) is 0 Å². The standard InChI is InChI=1S/C21H17NO2/c1-24-16-8-6-7-15(13-16)14-22-20-12-5-4-10-18(20)17-9-2-3-11-19(17)21(22)23/h2-13H,14H2,1H3. The molecule has 118 valence electrons. The summed E-state index contributed by atoms with van der Waals surface area (Å²) in [6.45, 7) is 0.515. The van der Waals surface area contributed by atoms with Crippen molar-refractivity contribution in [3.63, 3.8) is 0 Å². The molecule has 0 bridgehead atoms. The maximum Gasteiger partial charge on any atom is 0.259 e. The number of benzene rings is 3. The topological polar surface area (TPSA) is 31.2 Å². The number of para-hydroxylation sites is 1. The molecular formula is C21H17NO2. The van der Waals surface area contributed by atoms with Crippen LogP contribution in [0, 0.1) is 0 Å². The van der Waals surface area contributed by atoms with Crippen LogP contribution in [0.15, 0.2) is 77.6 Å². The summed E-state index contributed by atoms with van der Waals surface area (Å²) in [5.41, 5.74) is 2.02. The van der Waals surface area contributed by atoms with Crippen LogP contribution in [-0.4, -0.2) is 11.7 Å². The van der Waals surface area contributed by atoms with Gasteiger partial charge in [0.15, 0.2) is 0 Å². The van der Waals surface area contributed by atoms with Crippen molar-refractivity contribution in [3.05, 3.63) is 88.7 Å². The van der Waals surface area contributed by atoms with Crippen LogP contribution in [0.1, 0.15) is 5.56 Å². The molecule has 3 aromatic carbocycles. The fourth-order valence-corrected chi connectivity index (χ4v) is 3.21. The number of methoxy groups -OCH3 is 1. The van der Waals surface area contributed by atoms with Gasteiger partial charge in [-0.15, -0.1) is 0 Å². The van der Waals surface area contributed by atoms with Gasteiger partial charge in [-0.2, -0.15) is 0 Å². The van der Waals surface area contributed by atoms with Crippen molar-refractivity contribution < 1.29 is 4.74 Å². The number of nitrogens with zero attached hydrogens (tertiary/aromatic N) is 1. The Morgan fingerprint density at radius 1 is 0.833 bits per heavy atom. The van der Waals surface area contributed by atoms with Gasteiger partial charge in [0.05, 0.1) is 19.2 Å². The minimum atomic E-state index is 0.0344. The molecule has 3 heteroatoms. The first-order chi connectivity index (χ1) is 11.8. The largest absolute Gasteiger partial charge is 0.497 e. The van der Waals surface area contributed by atoms with Gasteiger partial charge in [-0.3, -0.25) is 4.79 Å². The van der Waals surface area contributed by atoms with Crippen molar-refractivity contribution in [2.75, 3.05) is 7.11 Å². The van der Waals surface area contributed by atoms with Crippen LogP contribution in [0.2, 0.25) is 0 Å². The molecule has 1 aromatic heterocycles. The van der Waals surface area contributed by atoms with E-state index in [1.165, 1.54) is 0 Å². The zero-order valence-corrected chi connectivity index (χ0v) is 13.4. The van der Waals surface area contributed by atoms with Gasteiger partial charge >= 0.3 is 0 Å². The second kappa shape index (κ2) is 5.85. The Morgan fingerprint density at radius 3 is 2.33 bits per heavy atom. The third-order valence-electron chi connectivity index (χ3n) is 4.36. The summed E-state index contributed by atoms with van der Waals surface area (Å²) in [4.78, 5) is 13.0. The number of hydrogen-bond donors (Lipinski definition) is 0. The lowest BCUT2D eigenvalue weighted by molar-refractivity contribution is 0.414. The van der Waals surface area contributed by atoms with Crippen LogP contribution >= 0.6 is 0 Å². The van der Waals surface area contributed by atoms with Gasteiger partial charge in [0, 0.05) is 10.8 Å². The SMILES string of the molecule is COc1cccc(Cn2c(=O)c3ccccc3c3ccccc32)c1. The molecule has 24 heavy (non-hydrogen) atoms. The van der Waals surface area contributed by atoms with E-state index in [0.717, 1.165) is 33.0 Å². The Balaban J connectivity index is 1.99. The maximum absolute atomic E-state index is 13.0. The molecule has 0 aliphatic rings. The molecule has 0 aliphatic heterocycles. The van der Waals surface area contributed by atoms with Gasteiger partial charge in [0.25, 0.3) is 5.56 Å². The first kappa shape index (κ1) is 14.5. The molecule has 0 fully saturated rings. The molecule has 4 aromatic rings. The van der Waals surface area contributed by atoms with Crippen molar-refractivity contribution >= 4 is 21.7 Å². The summed E-state index contributed by atoms with van der Waals surface area (Å²) in [7, 11) is 1.65. The predicted octanol–water partition coefficient (Wildman–Crippen LogP) is 4.21. The normalized spacial score (nSPS) is 11.0. The van der Waals surface area contributed by atoms with E-state index in [1.54, 1.807) is 7.11 Å². The summed E-state index contributed by atoms with van der Waals surface area (Å²) in [6, 6.07) is 23.7. The van der Waals surface area contributed by atoms with Crippen molar-refractivity contribution in [1.29, 1.82) is 0 Å². The average Bonchev–Trinajstić information content (AvgIpc) is 2.65. The Bertz CT molecular complexity index is 1100. The quantitative estimate of drug-likeness (QED) is 0.530. The number of aromatic nitrogens is 1. The molecule has 0 amide bonds. The Hall–Kier alpha value is -3.07. The molecule has 0 N–H and O–H groups in total. The van der Waals surface area contributed by atoms with Gasteiger partial charge in [-0.1, -0.05) is 48.5 Å². The monoisotopic (exact) mass is 315 g/mol. The molecule has 3 nitrogen and oxygen atoms in total. The third-order valence-corrected chi connectivity index (χ3v) is 4.36. The highest BCUT2D eigenvalue weighted by molar-refractivity contribution is 6.05. The van der Waals surface area contributed by atoms with E-state index in [0.29, 0.717) is 6.54 Å². The van der Waals surface area contributed by atoms with Gasteiger partial charge in [0.1, 0.15) is 5.75 Å². The van der Waals surface area contributed by atoms with Gasteiger partial charge in [0.2, 0.25) is 0 Å². The summed E-state index contributed by atoms with van der Waals surface area (Å²) in [5, 5.41) is 2.84. The van der Waals surface area contributed by atoms with Crippen LogP contribution in [0.3, 0.4) is 0 Å². The molecule has 0 saturated carbocycles. The van der Waals surface area contributed by atoms with E-state index in [9.17, 15) is 4.79 Å². The number of pyridine rings is 1. The van der Waals surface area contributed by atoms with Gasteiger partial charge < -0.3 is 9.30 Å². The molecule has 0 spiro atoms. The zero-order valence-electron chi connectivity index (χ0n) is 13.4. The number of fused-ring (bicyclic) bond motifs is 3. The average molecular weight is 315 g/mol. The van der Waals surface area contributed by atoms with E-state index in [-0.39, 0.29) is 5.56 Å². The molecule has 1 heterocycles. The van der Waals surface area contributed by atoms with Gasteiger partial charge in [-0.25, -0.2) is 0 Å². The lowest BCUT2D eigenvalue weighted by Gasteiger charge is -2.13. The van der Waals surface area contributed by atoms with Crippen molar-refractivity contribution in [1.82, 2.24) is 4.57 Å². The maximum atomic E-state index is 13.0. The Labute approximate surface area is 139 Å². The first-order valence-corrected chi connectivity index (χ1v) is 7.91. The fraction of sp³-hybridized carbons (Fsp3) is 0.0952. The number of ether oxygens (including phenoxy) is 1. The highest BCUT2D eigenvalue weighted by atomic mass is 16.5. The Morgan fingerprint density at radius 2 is 1.54 bits per heavy atom.